The molecule has 0 atom stereocenters. The van der Waals surface area contributed by atoms with Gasteiger partial charge in [-0.3, -0.25) is 0 Å². The summed E-state index contributed by atoms with van der Waals surface area (Å²) in [4.78, 5) is 18.5. The van der Waals surface area contributed by atoms with E-state index in [9.17, 15) is 14.4 Å². The summed E-state index contributed by atoms with van der Waals surface area (Å²) in [6, 6.07) is 0. The van der Waals surface area contributed by atoms with Crippen LogP contribution < -0.4 is 9.79 Å². The van der Waals surface area contributed by atoms with Gasteiger partial charge in [-0.15, -0.1) is 0 Å². The van der Waals surface area contributed by atoms with Gasteiger partial charge in [0.05, 0.1) is 0 Å². The molecule has 0 heterocycles. The average molecular weight is 162 g/mol. The Balaban J connectivity index is 0. The molecule has 0 saturated carbocycles. The minimum Gasteiger partial charge on any atom is 2.00 e. The molecule has 0 aromatic carbocycles. The second-order valence-electron chi connectivity index (χ2n) is 0.649. The molecule has 0 amide bonds. The Bertz CT molecular complexity index is 105. The monoisotopic (exact) mass is 162 g/mol. The SMILES string of the molecule is O=BOP(=O)([O-])[O-].[Ca+2]. The summed E-state index contributed by atoms with van der Waals surface area (Å²) in [5.41, 5.74) is 0. The third-order valence-corrected chi connectivity index (χ3v) is 0.516. The van der Waals surface area contributed by atoms with Gasteiger partial charge < -0.3 is 0 Å². The molecule has 0 aliphatic heterocycles. The molecule has 0 aromatic heterocycles. The third-order valence-electron chi connectivity index (χ3n) is 0.172. The van der Waals surface area contributed by atoms with Gasteiger partial charge in [0.25, 0.3) is 0 Å². The Morgan fingerprint density at radius 2 is 1.88 bits per heavy atom. The van der Waals surface area contributed by atoms with Crippen molar-refractivity contribution in [3.8, 4) is 0 Å². The van der Waals surface area contributed by atoms with Crippen LogP contribution in [0.5, 0.6) is 0 Å². The fourth-order valence-corrected chi connectivity index (χ4v) is 0.158. The number of hydrogen-bond acceptors (Lipinski definition) is 5. The quantitative estimate of drug-likeness (QED) is 0.328. The van der Waals surface area contributed by atoms with Gasteiger partial charge in [0, 0.05) is 0 Å². The van der Waals surface area contributed by atoms with Gasteiger partial charge in [-0.25, -0.2) is 0 Å². The van der Waals surface area contributed by atoms with Crippen molar-refractivity contribution in [2.45, 2.75) is 0 Å². The standard InChI is InChI=1S/BH2O5P.Ca/c2-1-6-7(3,4)5;/h(H2,3,4,5);/q;+2/p-2. The number of phosphoric acid groups is 1. The van der Waals surface area contributed by atoms with Gasteiger partial charge in [-0.05, 0) is 0 Å². The fraction of sp³-hybridized carbons (Fsp3) is 0. The van der Waals surface area contributed by atoms with Gasteiger partial charge in [-0.2, -0.15) is 0 Å². The topological polar surface area (TPSA) is 89.5 Å². The van der Waals surface area contributed by atoms with E-state index < -0.39 is 15.2 Å². The molecule has 0 fully saturated rings. The first kappa shape index (κ1) is 11.8. The third kappa shape index (κ3) is 10.1. The maximum Gasteiger partial charge on any atom is 2.00 e. The second-order valence-corrected chi connectivity index (χ2v) is 1.75. The van der Waals surface area contributed by atoms with E-state index in [1.165, 1.54) is 0 Å². The molecule has 0 aromatic rings. The van der Waals surface area contributed by atoms with Crippen LogP contribution in [0.2, 0.25) is 0 Å². The molecule has 40 valence electrons. The van der Waals surface area contributed by atoms with Crippen LogP contribution in [0.4, 0.5) is 0 Å². The van der Waals surface area contributed by atoms with Gasteiger partial charge >= 0.3 is 76.4 Å². The van der Waals surface area contributed by atoms with E-state index in [4.69, 9.17) is 4.70 Å². The Kier molecular flexibility index (Phi) is 7.25. The van der Waals surface area contributed by atoms with Crippen molar-refractivity contribution in [3.63, 3.8) is 0 Å². The van der Waals surface area contributed by atoms with Crippen LogP contribution in [0.1, 0.15) is 0 Å². The second kappa shape index (κ2) is 4.91. The number of hydrogen-bond donors (Lipinski definition) is 0. The van der Waals surface area contributed by atoms with Crippen molar-refractivity contribution >= 4 is 52.9 Å². The van der Waals surface area contributed by atoms with E-state index in [0.717, 1.165) is 0 Å². The van der Waals surface area contributed by atoms with Crippen molar-refractivity contribution in [2.75, 3.05) is 0 Å². The fourth-order valence-electron chi connectivity index (χ4n) is 0.0527. The van der Waals surface area contributed by atoms with Gasteiger partial charge in [0.2, 0.25) is 0 Å². The molecule has 0 spiro atoms. The van der Waals surface area contributed by atoms with Gasteiger partial charge in [0.15, 0.2) is 0 Å². The van der Waals surface area contributed by atoms with Crippen molar-refractivity contribution in [2.24, 2.45) is 0 Å². The minimum atomic E-state index is -5.03. The van der Waals surface area contributed by atoms with Crippen molar-refractivity contribution in [1.29, 1.82) is 0 Å². The molecule has 5 nitrogen and oxygen atoms in total. The van der Waals surface area contributed by atoms with Crippen LogP contribution in [0, 0.1) is 0 Å². The molecule has 0 rings (SSSR count). The Hall–Kier alpha value is 1.07. The first-order chi connectivity index (χ1) is 3.06. The number of rotatable bonds is 2. The maximum atomic E-state index is 9.25. The van der Waals surface area contributed by atoms with Crippen molar-refractivity contribution < 1.29 is 23.5 Å². The summed E-state index contributed by atoms with van der Waals surface area (Å²) >= 11 is 0. The first-order valence-electron chi connectivity index (χ1n) is 1.20. The molecule has 0 aliphatic rings. The van der Waals surface area contributed by atoms with E-state index in [2.05, 4.69) is 4.44 Å². The minimum absolute atomic E-state index is 0. The van der Waals surface area contributed by atoms with Gasteiger partial charge in [-0.1, -0.05) is 0 Å². The van der Waals surface area contributed by atoms with E-state index >= 15 is 0 Å². The maximum absolute atomic E-state index is 9.25. The molecule has 0 saturated heterocycles. The Morgan fingerprint density at radius 3 is 1.88 bits per heavy atom. The summed E-state index contributed by atoms with van der Waals surface area (Å²) < 4.78 is 21.3. The van der Waals surface area contributed by atoms with Crippen LogP contribution >= 0.6 is 7.82 Å². The molecule has 0 bridgehead atoms. The summed E-state index contributed by atoms with van der Waals surface area (Å²) in [5, 5.41) is 0. The van der Waals surface area contributed by atoms with E-state index in [1.54, 1.807) is 0 Å². The molecule has 0 aliphatic carbocycles. The molecule has 0 unspecified atom stereocenters. The van der Waals surface area contributed by atoms with E-state index in [0.29, 0.717) is 0 Å². The van der Waals surface area contributed by atoms with Crippen molar-refractivity contribution in [1.82, 2.24) is 0 Å². The predicted octanol–water partition coefficient (Wildman–Crippen LogP) is -2.58. The van der Waals surface area contributed by atoms with Crippen LogP contribution in [0.15, 0.2) is 0 Å². The first-order valence-corrected chi connectivity index (χ1v) is 2.66. The van der Waals surface area contributed by atoms with Crippen LogP contribution in [0.25, 0.3) is 0 Å². The van der Waals surface area contributed by atoms with Crippen LogP contribution in [-0.2, 0) is 13.7 Å². The smallest absolute Gasteiger partial charge is 2.00 e. The molecule has 8 heavy (non-hydrogen) atoms. The Morgan fingerprint density at radius 1 is 1.50 bits per heavy atom. The molecular formula is BCaO5P. The Labute approximate surface area is 75.9 Å². The summed E-state index contributed by atoms with van der Waals surface area (Å²) in [6.07, 6.45) is 0. The van der Waals surface area contributed by atoms with Crippen LogP contribution in [-0.4, -0.2) is 45.1 Å². The molecule has 0 radical (unpaired) electrons. The predicted molar refractivity (Wildman–Crippen MR) is 20.9 cm³/mol. The molecule has 8 heteroatoms. The van der Waals surface area contributed by atoms with Crippen molar-refractivity contribution in [3.05, 3.63) is 0 Å². The average Bonchev–Trinajstić information content (AvgIpc) is 1.30. The largest absolute Gasteiger partial charge is 2.00 e. The van der Waals surface area contributed by atoms with E-state index in [1.807, 2.05) is 0 Å². The molecular weight excluding hydrogens is 162 g/mol. The van der Waals surface area contributed by atoms with E-state index in [-0.39, 0.29) is 37.7 Å². The zero-order chi connectivity index (χ0) is 5.91. The summed E-state index contributed by atoms with van der Waals surface area (Å²) in [5.74, 6) is 0. The van der Waals surface area contributed by atoms with Gasteiger partial charge in [0.1, 0.15) is 0 Å². The summed E-state index contributed by atoms with van der Waals surface area (Å²) in [6.45, 7) is 0. The normalized spacial score (nSPS) is 8.75. The zero-order valence-corrected chi connectivity index (χ0v) is 6.88. The van der Waals surface area contributed by atoms with Crippen LogP contribution in [0.3, 0.4) is 0 Å². The summed E-state index contributed by atoms with van der Waals surface area (Å²) in [7, 11) is -5.46. The molecule has 0 N–H and O–H groups in total. The zero-order valence-electron chi connectivity index (χ0n) is 3.77.